The molecule has 0 bridgehead atoms. The van der Waals surface area contributed by atoms with E-state index < -0.39 is 5.60 Å². The van der Waals surface area contributed by atoms with E-state index in [0.29, 0.717) is 5.15 Å². The van der Waals surface area contributed by atoms with Crippen molar-refractivity contribution >= 4 is 34.9 Å². The first kappa shape index (κ1) is 15.7. The Hall–Kier alpha value is -1.69. The average Bonchev–Trinajstić information content (AvgIpc) is 2.98. The highest BCUT2D eigenvalue weighted by atomic mass is 35.5. The Morgan fingerprint density at radius 1 is 1.57 bits per heavy atom. The van der Waals surface area contributed by atoms with Crippen LogP contribution in [0.3, 0.4) is 0 Å². The van der Waals surface area contributed by atoms with Gasteiger partial charge in [0.15, 0.2) is 0 Å². The number of aliphatic hydroxyl groups is 1. The number of carbonyl (C=O) groups is 1. The molecule has 0 spiro atoms. The Kier molecular flexibility index (Phi) is 5.12. The van der Waals surface area contributed by atoms with E-state index >= 15 is 0 Å². The third-order valence-corrected chi connectivity index (χ3v) is 4.17. The lowest BCUT2D eigenvalue weighted by molar-refractivity contribution is -0.117. The molecule has 0 radical (unpaired) electrons. The zero-order chi connectivity index (χ0) is 15.3. The second-order valence-corrected chi connectivity index (χ2v) is 6.05. The summed E-state index contributed by atoms with van der Waals surface area (Å²) in [7, 11) is 0. The molecule has 21 heavy (non-hydrogen) atoms. The number of hydrogen-bond donors (Lipinski definition) is 2. The van der Waals surface area contributed by atoms with E-state index in [4.69, 9.17) is 11.6 Å². The highest BCUT2D eigenvalue weighted by Crippen LogP contribution is 2.24. The third-order valence-electron chi connectivity index (χ3n) is 2.84. The molecule has 2 aromatic heterocycles. The number of pyridine rings is 1. The number of aromatic nitrogens is 1. The van der Waals surface area contributed by atoms with Crippen LogP contribution in [0, 0.1) is 0 Å². The fourth-order valence-corrected chi connectivity index (χ4v) is 2.65. The molecule has 0 aromatic carbocycles. The molecule has 0 aliphatic carbocycles. The van der Waals surface area contributed by atoms with Crippen LogP contribution in [0.1, 0.15) is 17.4 Å². The predicted molar refractivity (Wildman–Crippen MR) is 85.2 cm³/mol. The molecule has 0 fully saturated rings. The maximum atomic E-state index is 11.8. The molecule has 0 saturated carbocycles. The van der Waals surface area contributed by atoms with Crippen molar-refractivity contribution in [1.82, 2.24) is 10.3 Å². The van der Waals surface area contributed by atoms with Crippen LogP contribution >= 0.6 is 22.9 Å². The van der Waals surface area contributed by atoms with Crippen molar-refractivity contribution in [2.45, 2.75) is 12.5 Å². The highest BCUT2D eigenvalue weighted by Gasteiger charge is 2.24. The van der Waals surface area contributed by atoms with Crippen molar-refractivity contribution in [2.75, 3.05) is 6.54 Å². The molecule has 2 rings (SSSR count). The molecule has 2 aromatic rings. The average molecular weight is 323 g/mol. The minimum atomic E-state index is -1.07. The second kappa shape index (κ2) is 6.85. The fraction of sp³-hybridized carbons (Fsp3) is 0.200. The summed E-state index contributed by atoms with van der Waals surface area (Å²) >= 11 is 7.21. The van der Waals surface area contributed by atoms with Crippen LogP contribution in [0.4, 0.5) is 0 Å². The lowest BCUT2D eigenvalue weighted by atomic mass is 10.1. The van der Waals surface area contributed by atoms with Crippen LogP contribution in [-0.2, 0) is 10.4 Å². The molecular formula is C15H15ClN2O2S. The second-order valence-electron chi connectivity index (χ2n) is 4.71. The summed E-state index contributed by atoms with van der Waals surface area (Å²) < 4.78 is 0. The molecule has 0 saturated heterocycles. The lowest BCUT2D eigenvalue weighted by Crippen LogP contribution is -2.37. The Balaban J connectivity index is 1.90. The van der Waals surface area contributed by atoms with Crippen molar-refractivity contribution in [3.63, 3.8) is 0 Å². The summed E-state index contributed by atoms with van der Waals surface area (Å²) in [5.41, 5.74) is -0.285. The summed E-state index contributed by atoms with van der Waals surface area (Å²) in [6.45, 7) is 1.82. The zero-order valence-corrected chi connectivity index (χ0v) is 13.0. The molecule has 2 N–H and O–H groups in total. The van der Waals surface area contributed by atoms with Crippen LogP contribution in [0.25, 0.3) is 6.08 Å². The van der Waals surface area contributed by atoms with Gasteiger partial charge in [0.1, 0.15) is 10.8 Å². The minimum absolute atomic E-state index is 0.147. The largest absolute Gasteiger partial charge is 0.383 e. The van der Waals surface area contributed by atoms with Gasteiger partial charge < -0.3 is 10.4 Å². The first-order chi connectivity index (χ1) is 9.97. The molecule has 1 atom stereocenters. The van der Waals surface area contributed by atoms with Gasteiger partial charge in [0.25, 0.3) is 0 Å². The van der Waals surface area contributed by atoms with E-state index in [1.54, 1.807) is 31.3 Å². The van der Waals surface area contributed by atoms with Gasteiger partial charge in [-0.1, -0.05) is 17.7 Å². The molecule has 110 valence electrons. The number of hydrogen-bond acceptors (Lipinski definition) is 4. The quantitative estimate of drug-likeness (QED) is 0.657. The normalized spacial score (nSPS) is 14.0. The number of amides is 1. The molecular weight excluding hydrogens is 308 g/mol. The summed E-state index contributed by atoms with van der Waals surface area (Å²) in [5, 5.41) is 15.2. The van der Waals surface area contributed by atoms with Crippen LogP contribution in [0.15, 0.2) is 41.9 Å². The highest BCUT2D eigenvalue weighted by molar-refractivity contribution is 7.10. The smallest absolute Gasteiger partial charge is 0.244 e. The summed E-state index contributed by atoms with van der Waals surface area (Å²) in [5.74, 6) is -0.278. The first-order valence-corrected chi connectivity index (χ1v) is 7.57. The summed E-state index contributed by atoms with van der Waals surface area (Å²) in [6, 6.07) is 7.11. The van der Waals surface area contributed by atoms with Crippen molar-refractivity contribution in [3.8, 4) is 0 Å². The number of nitrogens with one attached hydrogen (secondary N) is 1. The van der Waals surface area contributed by atoms with Crippen LogP contribution < -0.4 is 5.32 Å². The van der Waals surface area contributed by atoms with E-state index in [1.807, 2.05) is 17.5 Å². The van der Waals surface area contributed by atoms with Crippen molar-refractivity contribution in [1.29, 1.82) is 0 Å². The van der Waals surface area contributed by atoms with Gasteiger partial charge in [0.05, 0.1) is 6.54 Å². The molecule has 1 amide bonds. The van der Waals surface area contributed by atoms with E-state index in [0.717, 1.165) is 10.4 Å². The van der Waals surface area contributed by atoms with Crippen LogP contribution in [0.2, 0.25) is 5.15 Å². The van der Waals surface area contributed by atoms with Gasteiger partial charge in [0, 0.05) is 17.2 Å². The number of carbonyl (C=O) groups excluding carboxylic acids is 1. The maximum Gasteiger partial charge on any atom is 0.244 e. The van der Waals surface area contributed by atoms with E-state index in [1.165, 1.54) is 17.4 Å². The Bertz CT molecular complexity index is 639. The van der Waals surface area contributed by atoms with E-state index in [9.17, 15) is 9.90 Å². The summed E-state index contributed by atoms with van der Waals surface area (Å²) in [6.07, 6.45) is 4.61. The van der Waals surface area contributed by atoms with Crippen molar-refractivity contribution in [3.05, 3.63) is 57.5 Å². The molecule has 0 aliphatic rings. The number of nitrogens with zero attached hydrogens (tertiary/aromatic N) is 1. The maximum absolute atomic E-state index is 11.8. The molecule has 6 heteroatoms. The minimum Gasteiger partial charge on any atom is -0.383 e. The number of rotatable bonds is 5. The predicted octanol–water partition coefficient (Wildman–Crippen LogP) is 2.83. The fourth-order valence-electron chi connectivity index (χ4n) is 1.68. The third kappa shape index (κ3) is 4.67. The Morgan fingerprint density at radius 3 is 3.05 bits per heavy atom. The summed E-state index contributed by atoms with van der Waals surface area (Å²) in [4.78, 5) is 16.4. The lowest BCUT2D eigenvalue weighted by Gasteiger charge is -2.21. The molecule has 4 nitrogen and oxygen atoms in total. The SMILES string of the molecule is CC(O)(CNC(=O)/C=C/c1ccnc(Cl)c1)c1cccs1. The Morgan fingerprint density at radius 2 is 2.38 bits per heavy atom. The van der Waals surface area contributed by atoms with Gasteiger partial charge in [0.2, 0.25) is 5.91 Å². The number of halogens is 1. The standard InChI is InChI=1S/C15H15ClN2O2S/c1-15(20,12-3-2-8-21-12)10-18-14(19)5-4-11-6-7-17-13(16)9-11/h2-9,20H,10H2,1H3,(H,18,19)/b5-4+. The van der Waals surface area contributed by atoms with Gasteiger partial charge in [-0.2, -0.15) is 0 Å². The van der Waals surface area contributed by atoms with Gasteiger partial charge in [-0.3, -0.25) is 4.79 Å². The number of thiophene rings is 1. The first-order valence-electron chi connectivity index (χ1n) is 6.31. The molecule has 0 aliphatic heterocycles. The van der Waals surface area contributed by atoms with Crippen molar-refractivity contribution < 1.29 is 9.90 Å². The monoisotopic (exact) mass is 322 g/mol. The van der Waals surface area contributed by atoms with E-state index in [-0.39, 0.29) is 12.5 Å². The van der Waals surface area contributed by atoms with Gasteiger partial charge in [-0.05, 0) is 42.1 Å². The van der Waals surface area contributed by atoms with Gasteiger partial charge in [-0.15, -0.1) is 11.3 Å². The van der Waals surface area contributed by atoms with Crippen LogP contribution in [-0.4, -0.2) is 22.5 Å². The molecule has 1 unspecified atom stereocenters. The van der Waals surface area contributed by atoms with Gasteiger partial charge in [-0.25, -0.2) is 4.98 Å². The topological polar surface area (TPSA) is 62.2 Å². The van der Waals surface area contributed by atoms with E-state index in [2.05, 4.69) is 10.3 Å². The van der Waals surface area contributed by atoms with Crippen LogP contribution in [0.5, 0.6) is 0 Å². The van der Waals surface area contributed by atoms with Gasteiger partial charge >= 0.3 is 0 Å². The van der Waals surface area contributed by atoms with Crippen molar-refractivity contribution in [2.24, 2.45) is 0 Å². The zero-order valence-electron chi connectivity index (χ0n) is 11.4. The molecule has 2 heterocycles. The Labute approximate surface area is 132 Å².